The summed E-state index contributed by atoms with van der Waals surface area (Å²) in [5.74, 6) is -0.534. The molecule has 0 bridgehead atoms. The fraction of sp³-hybridized carbons (Fsp3) is 0.897. The molecule has 0 aliphatic rings. The molecule has 0 aromatic carbocycles. The zero-order valence-corrected chi connectivity index (χ0v) is 46.7. The van der Waals surface area contributed by atoms with Crippen LogP contribution in [0.3, 0.4) is 0 Å². The first-order valence-corrected chi connectivity index (χ1v) is 30.6. The second-order valence-corrected chi connectivity index (χ2v) is 22.6. The summed E-state index contributed by atoms with van der Waals surface area (Å²) in [7, 11) is 1.19. The van der Waals surface area contributed by atoms with Crippen LogP contribution in [0.1, 0.15) is 284 Å². The number of quaternary nitrogens is 1. The highest BCUT2D eigenvalue weighted by molar-refractivity contribution is 7.45. The van der Waals surface area contributed by atoms with E-state index in [-0.39, 0.29) is 31.5 Å². The van der Waals surface area contributed by atoms with Gasteiger partial charge in [0.2, 0.25) is 5.91 Å². The first-order chi connectivity index (χ1) is 32.9. The van der Waals surface area contributed by atoms with Gasteiger partial charge in [0.1, 0.15) is 19.3 Å². The van der Waals surface area contributed by atoms with Crippen molar-refractivity contribution in [3.8, 4) is 0 Å². The topological polar surface area (TPSA) is 114 Å². The lowest BCUT2D eigenvalue weighted by Crippen LogP contribution is -2.47. The average Bonchev–Trinajstić information content (AvgIpc) is 3.29. The number of unbranched alkanes of at least 4 members (excludes halogenated alkanes) is 35. The second-order valence-electron chi connectivity index (χ2n) is 21.2. The zero-order valence-electron chi connectivity index (χ0n) is 45.8. The number of nitrogens with zero attached hydrogens (tertiary/aromatic N) is 1. The number of ether oxygens (including phenoxy) is 1. The van der Waals surface area contributed by atoms with Gasteiger partial charge in [-0.2, -0.15) is 0 Å². The van der Waals surface area contributed by atoms with Crippen LogP contribution in [-0.4, -0.2) is 69.4 Å². The van der Waals surface area contributed by atoms with Crippen LogP contribution in [0, 0.1) is 0 Å². The molecule has 3 atom stereocenters. The maximum atomic E-state index is 13.5. The van der Waals surface area contributed by atoms with Crippen LogP contribution in [0.5, 0.6) is 0 Å². The minimum atomic E-state index is -4.69. The number of carbonyl (C=O) groups excluding carboxylic acids is 2. The van der Waals surface area contributed by atoms with Crippen molar-refractivity contribution in [1.29, 1.82) is 0 Å². The Hall–Kier alpha value is -1.51. The van der Waals surface area contributed by atoms with Gasteiger partial charge in [0.15, 0.2) is 0 Å². The van der Waals surface area contributed by atoms with Crippen molar-refractivity contribution in [2.45, 2.75) is 296 Å². The van der Waals surface area contributed by atoms with Crippen LogP contribution in [0.2, 0.25) is 0 Å². The lowest BCUT2D eigenvalue weighted by Gasteiger charge is -2.30. The summed E-state index contributed by atoms with van der Waals surface area (Å²) in [5.41, 5.74) is 0. The Bertz CT molecular complexity index is 1220. The third-order valence-corrected chi connectivity index (χ3v) is 14.1. The number of allylic oxidation sites excluding steroid dienone is 3. The smallest absolute Gasteiger partial charge is 0.306 e. The molecular formula is C58H113N2O7P. The van der Waals surface area contributed by atoms with E-state index in [2.05, 4.69) is 38.2 Å². The van der Waals surface area contributed by atoms with E-state index >= 15 is 0 Å². The van der Waals surface area contributed by atoms with E-state index in [0.29, 0.717) is 17.4 Å². The summed E-state index contributed by atoms with van der Waals surface area (Å²) in [6.07, 6.45) is 55.6. The minimum absolute atomic E-state index is 0.0199. The molecule has 0 fully saturated rings. The summed E-state index contributed by atoms with van der Waals surface area (Å²) >= 11 is 0. The van der Waals surface area contributed by atoms with Crippen LogP contribution in [-0.2, 0) is 27.9 Å². The largest absolute Gasteiger partial charge is 0.756 e. The molecule has 0 saturated heterocycles. The number of amides is 1. The van der Waals surface area contributed by atoms with Gasteiger partial charge >= 0.3 is 5.97 Å². The number of carbonyl (C=O) groups is 2. The van der Waals surface area contributed by atoms with E-state index < -0.39 is 20.0 Å². The Kier molecular flexibility index (Phi) is 48.0. The maximum Gasteiger partial charge on any atom is 0.306 e. The van der Waals surface area contributed by atoms with Gasteiger partial charge in [-0.25, -0.2) is 0 Å². The average molecular weight is 982 g/mol. The first-order valence-electron chi connectivity index (χ1n) is 29.1. The summed E-state index contributed by atoms with van der Waals surface area (Å²) in [4.78, 5) is 39.8. The molecule has 1 amide bonds. The molecule has 0 saturated carbocycles. The van der Waals surface area contributed by atoms with Gasteiger partial charge in [0.25, 0.3) is 7.82 Å². The quantitative estimate of drug-likeness (QED) is 0.0212. The van der Waals surface area contributed by atoms with Crippen molar-refractivity contribution in [3.05, 3.63) is 24.3 Å². The number of phosphoric ester groups is 1. The van der Waals surface area contributed by atoms with Crippen LogP contribution >= 0.6 is 7.82 Å². The molecule has 68 heavy (non-hydrogen) atoms. The molecule has 0 aliphatic heterocycles. The number of phosphoric acid groups is 1. The summed E-state index contributed by atoms with van der Waals surface area (Å²) in [6, 6.07) is -0.883. The van der Waals surface area contributed by atoms with Crippen LogP contribution in [0.15, 0.2) is 24.3 Å². The maximum absolute atomic E-state index is 13.5. The van der Waals surface area contributed by atoms with Gasteiger partial charge < -0.3 is 28.5 Å². The van der Waals surface area contributed by atoms with Crippen molar-refractivity contribution in [2.24, 2.45) is 0 Å². The van der Waals surface area contributed by atoms with Crippen molar-refractivity contribution in [1.82, 2.24) is 5.32 Å². The number of hydrogen-bond acceptors (Lipinski definition) is 7. The highest BCUT2D eigenvalue weighted by Gasteiger charge is 2.27. The molecule has 0 rings (SSSR count). The van der Waals surface area contributed by atoms with E-state index in [1.54, 1.807) is 0 Å². The third kappa shape index (κ3) is 49.5. The van der Waals surface area contributed by atoms with Crippen molar-refractivity contribution < 1.29 is 37.3 Å². The van der Waals surface area contributed by atoms with E-state index in [4.69, 9.17) is 13.8 Å². The van der Waals surface area contributed by atoms with Crippen LogP contribution < -0.4 is 10.2 Å². The van der Waals surface area contributed by atoms with Gasteiger partial charge in [-0.05, 0) is 57.4 Å². The van der Waals surface area contributed by atoms with E-state index in [9.17, 15) is 19.0 Å². The zero-order chi connectivity index (χ0) is 50.1. The Morgan fingerprint density at radius 1 is 0.500 bits per heavy atom. The van der Waals surface area contributed by atoms with Gasteiger partial charge in [-0.15, -0.1) is 0 Å². The molecule has 0 heterocycles. The number of likely N-dealkylation sites (N-methyl/N-ethyl adjacent to an activating group) is 1. The Morgan fingerprint density at radius 3 is 1.25 bits per heavy atom. The highest BCUT2D eigenvalue weighted by Crippen LogP contribution is 2.38. The van der Waals surface area contributed by atoms with Gasteiger partial charge in [-0.3, -0.25) is 14.2 Å². The van der Waals surface area contributed by atoms with Gasteiger partial charge in [0.05, 0.1) is 33.8 Å². The summed E-state index contributed by atoms with van der Waals surface area (Å²) in [6.45, 7) is 6.85. The molecule has 0 radical (unpaired) electrons. The molecule has 9 nitrogen and oxygen atoms in total. The van der Waals surface area contributed by atoms with E-state index in [0.717, 1.165) is 70.6 Å². The number of nitrogens with one attached hydrogen (secondary N) is 1. The monoisotopic (exact) mass is 981 g/mol. The molecule has 0 aromatic rings. The van der Waals surface area contributed by atoms with Crippen LogP contribution in [0.4, 0.5) is 0 Å². The van der Waals surface area contributed by atoms with E-state index in [1.807, 2.05) is 33.3 Å². The molecule has 3 unspecified atom stereocenters. The fourth-order valence-corrected chi connectivity index (χ4v) is 9.30. The summed E-state index contributed by atoms with van der Waals surface area (Å²) in [5, 5.41) is 3.02. The predicted molar refractivity (Wildman–Crippen MR) is 289 cm³/mol. The minimum Gasteiger partial charge on any atom is -0.756 e. The molecule has 0 aromatic heterocycles. The normalized spacial score (nSPS) is 13.9. The molecule has 10 heteroatoms. The standard InChI is InChI=1S/C58H113N2O7P/c1-7-10-13-16-19-22-25-28-29-30-31-33-35-38-41-44-47-50-57(61)59-55(54-66-68(63,64)65-53-52-60(4,5)6)56(49-46-43-40-37-34-27-24-21-18-15-12-9-3)67-58(62)51-48-45-42-39-36-32-26-23-20-17-14-11-8-2/h28-29,46,49,55-56H,7-27,30-45,47-48,50-54H2,1-6H3,(H-,59,61,63,64)/b29-28+,49-46+. The fourth-order valence-electron chi connectivity index (χ4n) is 8.58. The molecular weight excluding hydrogens is 868 g/mol. The molecule has 0 spiro atoms. The molecule has 402 valence electrons. The SMILES string of the molecule is CCCCCCCC/C=C/CCCCCCCCCC(=O)NC(COP(=O)([O-])OCC[N+](C)(C)C)C(/C=C/CCCCCCCCCCCC)OC(=O)CCCCCCCCCCCCCCC. The first kappa shape index (κ1) is 66.5. The number of esters is 1. The lowest BCUT2D eigenvalue weighted by atomic mass is 10.0. The van der Waals surface area contributed by atoms with Gasteiger partial charge in [-0.1, -0.05) is 238 Å². The van der Waals surface area contributed by atoms with Crippen molar-refractivity contribution >= 4 is 19.7 Å². The predicted octanol–water partition coefficient (Wildman–Crippen LogP) is 16.8. The van der Waals surface area contributed by atoms with Gasteiger partial charge in [0, 0.05) is 12.8 Å². The number of rotatable bonds is 53. The highest BCUT2D eigenvalue weighted by atomic mass is 31.2. The van der Waals surface area contributed by atoms with Crippen molar-refractivity contribution in [3.63, 3.8) is 0 Å². The Labute approximate surface area is 422 Å². The Morgan fingerprint density at radius 2 is 0.853 bits per heavy atom. The molecule has 1 N–H and O–H groups in total. The van der Waals surface area contributed by atoms with Crippen molar-refractivity contribution in [2.75, 3.05) is 40.9 Å². The lowest BCUT2D eigenvalue weighted by molar-refractivity contribution is -0.870. The summed E-state index contributed by atoms with van der Waals surface area (Å²) < 4.78 is 30.2. The third-order valence-electron chi connectivity index (χ3n) is 13.1. The Balaban J connectivity index is 5.31. The second kappa shape index (κ2) is 49.1. The van der Waals surface area contributed by atoms with Crippen LogP contribution in [0.25, 0.3) is 0 Å². The number of hydrogen-bond donors (Lipinski definition) is 1. The molecule has 0 aliphatic carbocycles. The van der Waals surface area contributed by atoms with E-state index in [1.165, 1.54) is 180 Å².